The van der Waals surface area contributed by atoms with Gasteiger partial charge in [-0.05, 0) is 12.5 Å². The number of aliphatic hydroxyl groups excluding tert-OH is 1. The second-order valence-electron chi connectivity index (χ2n) is 4.67. The molecule has 3 unspecified atom stereocenters. The lowest BCUT2D eigenvalue weighted by Gasteiger charge is -2.40. The second-order valence-corrected chi connectivity index (χ2v) is 5.07. The lowest BCUT2D eigenvalue weighted by molar-refractivity contribution is -0.385. The Morgan fingerprint density at radius 2 is 2.30 bits per heavy atom. The van der Waals surface area contributed by atoms with Crippen molar-refractivity contribution in [1.82, 2.24) is 0 Å². The molecule has 0 saturated heterocycles. The molecule has 7 heteroatoms. The lowest BCUT2D eigenvalue weighted by atomic mass is 9.88. The largest absolute Gasteiger partial charge is 0.486 e. The normalized spacial score (nSPS) is 25.1. The van der Waals surface area contributed by atoms with E-state index >= 15 is 0 Å². The molecule has 2 rings (SSSR count). The minimum atomic E-state index is -0.566. The van der Waals surface area contributed by atoms with Gasteiger partial charge in [-0.2, -0.15) is 0 Å². The van der Waals surface area contributed by atoms with Crippen LogP contribution in [0.25, 0.3) is 0 Å². The Hall–Kier alpha value is -1.37. The summed E-state index contributed by atoms with van der Waals surface area (Å²) >= 11 is 5.96. The summed E-state index contributed by atoms with van der Waals surface area (Å²) in [7, 11) is 0. The van der Waals surface area contributed by atoms with Gasteiger partial charge in [0, 0.05) is 19.1 Å². The summed E-state index contributed by atoms with van der Waals surface area (Å²) in [5.41, 5.74) is -0.0877. The summed E-state index contributed by atoms with van der Waals surface area (Å²) in [6, 6.07) is 4.02. The van der Waals surface area contributed by atoms with Crippen LogP contribution in [0.3, 0.4) is 0 Å². The van der Waals surface area contributed by atoms with Gasteiger partial charge >= 0.3 is 0 Å². The number of non-ortho nitro benzene ring substituents is 1. The highest BCUT2D eigenvalue weighted by atomic mass is 35.5. The van der Waals surface area contributed by atoms with E-state index in [1.54, 1.807) is 0 Å². The maximum absolute atomic E-state index is 10.7. The highest BCUT2D eigenvalue weighted by Gasteiger charge is 2.43. The van der Waals surface area contributed by atoms with Crippen molar-refractivity contribution in [2.24, 2.45) is 0 Å². The first-order valence-corrected chi connectivity index (χ1v) is 6.81. The number of hydrogen-bond donors (Lipinski definition) is 1. The van der Waals surface area contributed by atoms with Gasteiger partial charge in [0.15, 0.2) is 0 Å². The van der Waals surface area contributed by atoms with Crippen LogP contribution in [-0.2, 0) is 4.74 Å². The molecule has 0 spiro atoms. The third-order valence-electron chi connectivity index (χ3n) is 3.14. The van der Waals surface area contributed by atoms with Crippen LogP contribution >= 0.6 is 11.6 Å². The molecule has 1 aliphatic rings. The molecule has 0 aliphatic heterocycles. The molecule has 0 radical (unpaired) electrons. The van der Waals surface area contributed by atoms with Gasteiger partial charge in [-0.25, -0.2) is 0 Å². The minimum absolute atomic E-state index is 0.0877. The Morgan fingerprint density at radius 3 is 2.90 bits per heavy atom. The van der Waals surface area contributed by atoms with Gasteiger partial charge in [0.05, 0.1) is 22.1 Å². The fourth-order valence-electron chi connectivity index (χ4n) is 2.00. The van der Waals surface area contributed by atoms with Gasteiger partial charge in [-0.1, -0.05) is 18.5 Å². The molecule has 6 nitrogen and oxygen atoms in total. The van der Waals surface area contributed by atoms with Crippen LogP contribution in [0.4, 0.5) is 5.69 Å². The van der Waals surface area contributed by atoms with E-state index in [-0.39, 0.29) is 17.5 Å². The molecule has 1 fully saturated rings. The van der Waals surface area contributed by atoms with Gasteiger partial charge in [0.25, 0.3) is 5.69 Å². The molecular formula is C13H16ClNO5. The van der Waals surface area contributed by atoms with Crippen LogP contribution in [0.15, 0.2) is 18.2 Å². The molecule has 20 heavy (non-hydrogen) atoms. The van der Waals surface area contributed by atoms with Crippen LogP contribution in [0, 0.1) is 10.1 Å². The van der Waals surface area contributed by atoms with Crippen LogP contribution in [0.5, 0.6) is 5.75 Å². The van der Waals surface area contributed by atoms with Gasteiger partial charge in [0.2, 0.25) is 0 Å². The average Bonchev–Trinajstić information content (AvgIpc) is 2.40. The number of benzene rings is 1. The number of halogens is 1. The predicted octanol–water partition coefficient (Wildman–Crippen LogP) is 2.56. The first-order valence-electron chi connectivity index (χ1n) is 6.43. The van der Waals surface area contributed by atoms with Crippen LogP contribution in [0.1, 0.15) is 19.8 Å². The van der Waals surface area contributed by atoms with E-state index in [2.05, 4.69) is 0 Å². The molecule has 0 aromatic heterocycles. The summed E-state index contributed by atoms with van der Waals surface area (Å²) in [5.74, 6) is 0.239. The molecule has 1 N–H and O–H groups in total. The Kier molecular flexibility index (Phi) is 4.80. The van der Waals surface area contributed by atoms with E-state index < -0.39 is 17.1 Å². The number of rotatable bonds is 6. The van der Waals surface area contributed by atoms with Crippen molar-refractivity contribution in [2.45, 2.75) is 38.1 Å². The predicted molar refractivity (Wildman–Crippen MR) is 73.2 cm³/mol. The number of nitrogens with zero attached hydrogens (tertiary/aromatic N) is 1. The first-order chi connectivity index (χ1) is 9.52. The highest BCUT2D eigenvalue weighted by Crippen LogP contribution is 2.34. The molecule has 1 aromatic carbocycles. The smallest absolute Gasteiger partial charge is 0.273 e. The van der Waals surface area contributed by atoms with E-state index in [0.29, 0.717) is 18.1 Å². The average molecular weight is 302 g/mol. The van der Waals surface area contributed by atoms with E-state index in [4.69, 9.17) is 21.1 Å². The number of nitro benzene ring substituents is 1. The number of ether oxygens (including phenoxy) is 2. The zero-order valence-electron chi connectivity index (χ0n) is 11.0. The van der Waals surface area contributed by atoms with Gasteiger partial charge in [0.1, 0.15) is 18.0 Å². The summed E-state index contributed by atoms with van der Waals surface area (Å²) in [6.07, 6.45) is -0.0497. The summed E-state index contributed by atoms with van der Waals surface area (Å²) in [4.78, 5) is 10.2. The molecule has 0 heterocycles. The van der Waals surface area contributed by atoms with E-state index in [1.165, 1.54) is 18.2 Å². The van der Waals surface area contributed by atoms with Crippen molar-refractivity contribution in [3.8, 4) is 5.75 Å². The first kappa shape index (κ1) is 15.0. The standard InChI is InChI=1S/C13H16ClNO5/c1-2-5-19-13-10(16)7-12(13)20-11-6-8(15(17)18)3-4-9(11)14/h3-4,6,10,12-13,16H,2,5,7H2,1H3. The summed E-state index contributed by atoms with van der Waals surface area (Å²) in [6.45, 7) is 2.50. The maximum atomic E-state index is 10.7. The SMILES string of the molecule is CCCOC1C(O)CC1Oc1cc([N+](=O)[O-])ccc1Cl. The minimum Gasteiger partial charge on any atom is -0.486 e. The topological polar surface area (TPSA) is 81.8 Å². The highest BCUT2D eigenvalue weighted by molar-refractivity contribution is 6.32. The monoisotopic (exact) mass is 301 g/mol. The van der Waals surface area contributed by atoms with E-state index in [9.17, 15) is 15.2 Å². The molecule has 1 aliphatic carbocycles. The van der Waals surface area contributed by atoms with Gasteiger partial charge < -0.3 is 14.6 Å². The van der Waals surface area contributed by atoms with Crippen LogP contribution < -0.4 is 4.74 Å². The van der Waals surface area contributed by atoms with Gasteiger partial charge in [-0.3, -0.25) is 10.1 Å². The number of nitro groups is 1. The fourth-order valence-corrected chi connectivity index (χ4v) is 2.17. The van der Waals surface area contributed by atoms with Crippen LogP contribution in [-0.4, -0.2) is 34.9 Å². The van der Waals surface area contributed by atoms with Crippen molar-refractivity contribution in [2.75, 3.05) is 6.61 Å². The molecule has 3 atom stereocenters. The fraction of sp³-hybridized carbons (Fsp3) is 0.538. The third kappa shape index (κ3) is 3.20. The Balaban J connectivity index is 2.06. The summed E-state index contributed by atoms with van der Waals surface area (Å²) in [5, 5.41) is 20.7. The van der Waals surface area contributed by atoms with Crippen molar-refractivity contribution in [3.05, 3.63) is 33.3 Å². The molecule has 110 valence electrons. The number of hydrogen-bond acceptors (Lipinski definition) is 5. The Labute approximate surface area is 121 Å². The molecular weight excluding hydrogens is 286 g/mol. The van der Waals surface area contributed by atoms with Crippen molar-refractivity contribution < 1.29 is 19.5 Å². The number of aliphatic hydroxyl groups is 1. The maximum Gasteiger partial charge on any atom is 0.273 e. The zero-order valence-corrected chi connectivity index (χ0v) is 11.7. The van der Waals surface area contributed by atoms with Crippen molar-refractivity contribution in [3.63, 3.8) is 0 Å². The van der Waals surface area contributed by atoms with E-state index in [1.807, 2.05) is 6.92 Å². The lowest BCUT2D eigenvalue weighted by Crippen LogP contribution is -2.55. The molecule has 0 amide bonds. The zero-order chi connectivity index (χ0) is 14.7. The molecule has 1 aromatic rings. The quantitative estimate of drug-likeness (QED) is 0.645. The van der Waals surface area contributed by atoms with Crippen molar-refractivity contribution in [1.29, 1.82) is 0 Å². The Morgan fingerprint density at radius 1 is 1.55 bits per heavy atom. The second kappa shape index (κ2) is 6.39. The van der Waals surface area contributed by atoms with E-state index in [0.717, 1.165) is 6.42 Å². The third-order valence-corrected chi connectivity index (χ3v) is 3.45. The molecule has 1 saturated carbocycles. The molecule has 0 bridgehead atoms. The Bertz CT molecular complexity index is 496. The van der Waals surface area contributed by atoms with Crippen LogP contribution in [0.2, 0.25) is 5.02 Å². The van der Waals surface area contributed by atoms with Gasteiger partial charge in [-0.15, -0.1) is 0 Å². The summed E-state index contributed by atoms with van der Waals surface area (Å²) < 4.78 is 11.1. The van der Waals surface area contributed by atoms with Crippen molar-refractivity contribution >= 4 is 17.3 Å².